The molecule has 0 heterocycles. The van der Waals surface area contributed by atoms with Crippen molar-refractivity contribution in [1.29, 1.82) is 0 Å². The molecule has 1 rings (SSSR count). The monoisotopic (exact) mass is 282 g/mol. The Labute approximate surface area is 116 Å². The van der Waals surface area contributed by atoms with Crippen molar-refractivity contribution in [2.24, 2.45) is 5.73 Å². The van der Waals surface area contributed by atoms with E-state index in [0.29, 0.717) is 5.56 Å². The van der Waals surface area contributed by atoms with Gasteiger partial charge in [-0.3, -0.25) is 14.5 Å². The molecule has 0 aliphatic carbocycles. The van der Waals surface area contributed by atoms with E-state index in [-0.39, 0.29) is 18.7 Å². The van der Waals surface area contributed by atoms with Crippen LogP contribution in [0.5, 0.6) is 5.75 Å². The number of nitrogens with zero attached hydrogens (tertiary/aromatic N) is 1. The maximum Gasteiger partial charge on any atom is 0.317 e. The molecule has 0 aliphatic heterocycles. The van der Waals surface area contributed by atoms with E-state index in [1.807, 2.05) is 0 Å². The third-order valence-electron chi connectivity index (χ3n) is 2.91. The molecule has 110 valence electrons. The van der Waals surface area contributed by atoms with E-state index in [1.165, 1.54) is 11.0 Å². The number of carboxylic acid groups (broad SMARTS) is 2. The minimum Gasteiger partial charge on any atom is -0.508 e. The van der Waals surface area contributed by atoms with Crippen LogP contribution in [0, 0.1) is 0 Å². The predicted octanol–water partition coefficient (Wildman–Crippen LogP) is -0.267. The Morgan fingerprint density at radius 3 is 2.15 bits per heavy atom. The van der Waals surface area contributed by atoms with Gasteiger partial charge in [0.25, 0.3) is 0 Å². The summed E-state index contributed by atoms with van der Waals surface area (Å²) in [6.45, 7) is -0.738. The Morgan fingerprint density at radius 2 is 1.70 bits per heavy atom. The fourth-order valence-electron chi connectivity index (χ4n) is 1.96. The van der Waals surface area contributed by atoms with Crippen molar-refractivity contribution in [3.05, 3.63) is 29.8 Å². The molecule has 0 spiro atoms. The minimum atomic E-state index is -1.12. The number of carbonyl (C=O) groups is 2. The highest BCUT2D eigenvalue weighted by Gasteiger charge is 2.23. The Balaban J connectivity index is 2.86. The summed E-state index contributed by atoms with van der Waals surface area (Å²) in [5.74, 6) is -2.17. The van der Waals surface area contributed by atoms with Crippen LogP contribution in [0.3, 0.4) is 0 Å². The van der Waals surface area contributed by atoms with E-state index in [9.17, 15) is 14.7 Å². The number of hydrogen-bond acceptors (Lipinski definition) is 5. The summed E-state index contributed by atoms with van der Waals surface area (Å²) in [7, 11) is 0. The molecule has 0 bridgehead atoms. The van der Waals surface area contributed by atoms with Gasteiger partial charge >= 0.3 is 11.9 Å². The Morgan fingerprint density at radius 1 is 1.15 bits per heavy atom. The molecule has 7 heteroatoms. The van der Waals surface area contributed by atoms with E-state index in [4.69, 9.17) is 15.9 Å². The molecule has 1 aromatic carbocycles. The highest BCUT2D eigenvalue weighted by molar-refractivity contribution is 5.72. The van der Waals surface area contributed by atoms with Crippen LogP contribution in [-0.4, -0.2) is 57.8 Å². The molecule has 7 nitrogen and oxygen atoms in total. The van der Waals surface area contributed by atoms with Crippen LogP contribution in [-0.2, 0) is 16.0 Å². The number of hydrogen-bond donors (Lipinski definition) is 4. The first kappa shape index (κ1) is 15.9. The van der Waals surface area contributed by atoms with E-state index < -0.39 is 31.1 Å². The molecule has 0 aromatic heterocycles. The zero-order valence-electron chi connectivity index (χ0n) is 10.9. The number of aromatic hydroxyl groups is 1. The van der Waals surface area contributed by atoms with Gasteiger partial charge in [-0.05, 0) is 18.1 Å². The van der Waals surface area contributed by atoms with Gasteiger partial charge in [0.2, 0.25) is 0 Å². The van der Waals surface area contributed by atoms with Crippen LogP contribution < -0.4 is 5.73 Å². The van der Waals surface area contributed by atoms with Gasteiger partial charge in [0.05, 0.1) is 13.1 Å². The summed E-state index contributed by atoms with van der Waals surface area (Å²) in [5.41, 5.74) is 6.21. The van der Waals surface area contributed by atoms with E-state index in [0.717, 1.165) is 0 Å². The van der Waals surface area contributed by atoms with Crippen LogP contribution in [0.4, 0.5) is 0 Å². The van der Waals surface area contributed by atoms with Gasteiger partial charge < -0.3 is 21.1 Å². The number of nitrogens with two attached hydrogens (primary N) is 1. The summed E-state index contributed by atoms with van der Waals surface area (Å²) in [4.78, 5) is 22.9. The van der Waals surface area contributed by atoms with Crippen molar-refractivity contribution >= 4 is 11.9 Å². The summed E-state index contributed by atoms with van der Waals surface area (Å²) < 4.78 is 0. The summed E-state index contributed by atoms with van der Waals surface area (Å²) in [6, 6.07) is 6.14. The lowest BCUT2D eigenvalue weighted by Crippen LogP contribution is -2.47. The average Bonchev–Trinajstić information content (AvgIpc) is 2.36. The molecule has 0 amide bonds. The van der Waals surface area contributed by atoms with Crippen LogP contribution in [0.25, 0.3) is 0 Å². The zero-order chi connectivity index (χ0) is 15.1. The SMILES string of the molecule is NCC(Cc1ccccc1O)N(CC(=O)O)CC(=O)O. The third-order valence-corrected chi connectivity index (χ3v) is 2.91. The van der Waals surface area contributed by atoms with Gasteiger partial charge in [-0.1, -0.05) is 18.2 Å². The van der Waals surface area contributed by atoms with E-state index in [2.05, 4.69) is 0 Å². The Kier molecular flexibility index (Phi) is 5.95. The molecule has 0 fully saturated rings. The van der Waals surface area contributed by atoms with Gasteiger partial charge in [-0.15, -0.1) is 0 Å². The molecule has 0 saturated heterocycles. The molecule has 0 saturated carbocycles. The maximum absolute atomic E-state index is 10.8. The minimum absolute atomic E-state index is 0.0801. The number of para-hydroxylation sites is 1. The molecule has 1 unspecified atom stereocenters. The predicted molar refractivity (Wildman–Crippen MR) is 71.5 cm³/mol. The quantitative estimate of drug-likeness (QED) is 0.517. The van der Waals surface area contributed by atoms with Crippen molar-refractivity contribution in [2.75, 3.05) is 19.6 Å². The Bertz CT molecular complexity index is 462. The Hall–Kier alpha value is -2.12. The summed E-state index contributed by atoms with van der Waals surface area (Å²) >= 11 is 0. The number of phenolic OH excluding ortho intramolecular Hbond substituents is 1. The van der Waals surface area contributed by atoms with Gasteiger partial charge in [0.1, 0.15) is 5.75 Å². The lowest BCUT2D eigenvalue weighted by Gasteiger charge is -2.28. The van der Waals surface area contributed by atoms with Crippen molar-refractivity contribution in [3.63, 3.8) is 0 Å². The lowest BCUT2D eigenvalue weighted by molar-refractivity contribution is -0.142. The maximum atomic E-state index is 10.8. The largest absolute Gasteiger partial charge is 0.508 e. The fraction of sp³-hybridized carbons (Fsp3) is 0.385. The first-order valence-electron chi connectivity index (χ1n) is 6.08. The molecule has 1 aromatic rings. The van der Waals surface area contributed by atoms with E-state index >= 15 is 0 Å². The van der Waals surface area contributed by atoms with Gasteiger partial charge in [0.15, 0.2) is 0 Å². The van der Waals surface area contributed by atoms with Crippen molar-refractivity contribution in [1.82, 2.24) is 4.90 Å². The number of aliphatic carboxylic acids is 2. The molecule has 0 aliphatic rings. The van der Waals surface area contributed by atoms with E-state index in [1.54, 1.807) is 18.2 Å². The van der Waals surface area contributed by atoms with Crippen molar-refractivity contribution in [2.45, 2.75) is 12.5 Å². The van der Waals surface area contributed by atoms with Gasteiger partial charge in [0, 0.05) is 12.6 Å². The number of rotatable bonds is 8. The molecule has 5 N–H and O–H groups in total. The first-order chi connectivity index (χ1) is 9.43. The highest BCUT2D eigenvalue weighted by Crippen LogP contribution is 2.19. The second-order valence-corrected chi connectivity index (χ2v) is 4.41. The van der Waals surface area contributed by atoms with Crippen LogP contribution in [0.15, 0.2) is 24.3 Å². The molecule has 1 atom stereocenters. The first-order valence-corrected chi connectivity index (χ1v) is 6.08. The molecular weight excluding hydrogens is 264 g/mol. The fourth-order valence-corrected chi connectivity index (χ4v) is 1.96. The third kappa shape index (κ3) is 4.87. The summed E-state index contributed by atoms with van der Waals surface area (Å²) in [5, 5.41) is 27.4. The molecule has 0 radical (unpaired) electrons. The second-order valence-electron chi connectivity index (χ2n) is 4.41. The second kappa shape index (κ2) is 7.46. The topological polar surface area (TPSA) is 124 Å². The smallest absolute Gasteiger partial charge is 0.317 e. The zero-order valence-corrected chi connectivity index (χ0v) is 10.9. The van der Waals surface area contributed by atoms with Gasteiger partial charge in [-0.2, -0.15) is 0 Å². The number of phenols is 1. The average molecular weight is 282 g/mol. The summed E-state index contributed by atoms with van der Waals surface area (Å²) in [6.07, 6.45) is 0.281. The molecule has 20 heavy (non-hydrogen) atoms. The van der Waals surface area contributed by atoms with Gasteiger partial charge in [-0.25, -0.2) is 0 Å². The molecular formula is C13H18N2O5. The van der Waals surface area contributed by atoms with Crippen molar-refractivity contribution in [3.8, 4) is 5.75 Å². The highest BCUT2D eigenvalue weighted by atomic mass is 16.4. The van der Waals surface area contributed by atoms with Crippen LogP contribution in [0.1, 0.15) is 5.56 Å². The number of carboxylic acids is 2. The normalized spacial score (nSPS) is 12.3. The lowest BCUT2D eigenvalue weighted by atomic mass is 10.0. The van der Waals surface area contributed by atoms with Crippen molar-refractivity contribution < 1.29 is 24.9 Å². The van der Waals surface area contributed by atoms with Crippen LogP contribution in [0.2, 0.25) is 0 Å². The standard InChI is InChI=1S/C13H18N2O5/c14-6-10(5-9-3-1-2-4-11(9)16)15(7-12(17)18)8-13(19)20/h1-4,10,16H,5-8,14H2,(H,17,18)(H,19,20). The number of benzene rings is 1. The van der Waals surface area contributed by atoms with Crippen LogP contribution >= 0.6 is 0 Å².